The third-order valence-corrected chi connectivity index (χ3v) is 21.9. The van der Waals surface area contributed by atoms with Crippen molar-refractivity contribution in [3.63, 3.8) is 0 Å². The maximum absolute atomic E-state index is 12.7. The molecule has 2 unspecified atom stereocenters. The molecule has 1 amide bonds. The molecule has 3 aliphatic carbocycles. The Kier molecular flexibility index (Phi) is 22.5. The molecular weight excluding hydrogens is 1140 g/mol. The molecule has 9 heteroatoms. The normalized spacial score (nSPS) is 20.1. The van der Waals surface area contributed by atoms with Gasteiger partial charge in [0.05, 0.1) is 22.3 Å². The number of hydrogen-bond donors (Lipinski definition) is 5. The monoisotopic (exact) mass is 1250 g/mol. The van der Waals surface area contributed by atoms with Crippen LogP contribution in [0, 0.1) is 5.92 Å². The molecule has 1 saturated carbocycles. The van der Waals surface area contributed by atoms with Gasteiger partial charge in [0, 0.05) is 76.6 Å². The smallest absolute Gasteiger partial charge is 0.256 e. The number of aryl methyl sites for hydroxylation is 4. The number of phenolic OH excluding ortho intramolecular Hbond substituents is 1. The predicted octanol–water partition coefficient (Wildman–Crippen LogP) is 20.3. The number of ether oxygens (including phenoxy) is 1. The molecule has 93 heavy (non-hydrogen) atoms. The first-order valence-electron chi connectivity index (χ1n) is 36.7. The molecule has 8 aromatic rings. The van der Waals surface area contributed by atoms with Crippen LogP contribution in [0.5, 0.6) is 11.5 Å². The van der Waals surface area contributed by atoms with Crippen LogP contribution < -0.4 is 10.1 Å². The molecule has 2 fully saturated rings. The van der Waals surface area contributed by atoms with E-state index in [9.17, 15) is 15.0 Å². The molecule has 3 aliphatic heterocycles. The first-order chi connectivity index (χ1) is 45.8. The molecule has 6 heterocycles. The summed E-state index contributed by atoms with van der Waals surface area (Å²) in [4.78, 5) is 25.7. The highest BCUT2D eigenvalue weighted by Crippen LogP contribution is 2.69. The number of benzene rings is 5. The Morgan fingerprint density at radius 2 is 1.24 bits per heavy atom. The van der Waals surface area contributed by atoms with E-state index >= 15 is 0 Å². The number of aliphatic hydroxyl groups is 1. The lowest BCUT2D eigenvalue weighted by Gasteiger charge is -2.62. The zero-order valence-electron chi connectivity index (χ0n) is 56.1. The van der Waals surface area contributed by atoms with E-state index in [-0.39, 0.29) is 23.8 Å². The zero-order chi connectivity index (χ0) is 63.8. The fourth-order valence-corrected chi connectivity index (χ4v) is 16.7. The second kappa shape index (κ2) is 31.8. The molecule has 2 bridgehead atoms. The summed E-state index contributed by atoms with van der Waals surface area (Å²) >= 11 is 0. The van der Waals surface area contributed by atoms with E-state index in [1.165, 1.54) is 196 Å². The van der Waals surface area contributed by atoms with Gasteiger partial charge in [0.15, 0.2) is 17.6 Å². The van der Waals surface area contributed by atoms with Crippen molar-refractivity contribution in [2.45, 2.75) is 236 Å². The highest BCUT2D eigenvalue weighted by molar-refractivity contribution is 6.35. The Hall–Kier alpha value is -7.20. The van der Waals surface area contributed by atoms with Gasteiger partial charge in [0.25, 0.3) is 5.91 Å². The predicted molar refractivity (Wildman–Crippen MR) is 384 cm³/mol. The maximum atomic E-state index is 12.7. The quantitative estimate of drug-likeness (QED) is 0.0218. The number of amides is 1. The van der Waals surface area contributed by atoms with Gasteiger partial charge in [0.2, 0.25) is 0 Å². The molecule has 490 valence electrons. The van der Waals surface area contributed by atoms with Crippen molar-refractivity contribution in [1.29, 1.82) is 0 Å². The Balaban J connectivity index is 0.000000139. The number of aromatic hydroxyl groups is 1. The largest absolute Gasteiger partial charge is 0.504 e. The number of para-hydroxylation sites is 1. The van der Waals surface area contributed by atoms with Gasteiger partial charge < -0.3 is 30.2 Å². The van der Waals surface area contributed by atoms with Crippen LogP contribution >= 0.6 is 0 Å². The minimum absolute atomic E-state index is 0.0760. The number of rotatable bonds is 31. The number of fused-ring (bicyclic) bond motifs is 5. The highest BCUT2D eigenvalue weighted by atomic mass is 16.5. The number of unbranched alkanes of at least 4 members (excludes halogenated alkanes) is 21. The maximum Gasteiger partial charge on any atom is 0.256 e. The summed E-state index contributed by atoms with van der Waals surface area (Å²) in [6, 6.07) is 44.0. The fourth-order valence-electron chi connectivity index (χ4n) is 16.7. The van der Waals surface area contributed by atoms with Gasteiger partial charge in [-0.25, -0.2) is 0 Å². The topological polar surface area (TPSA) is 126 Å². The number of nitrogens with zero attached hydrogens (tertiary/aromatic N) is 2. The Morgan fingerprint density at radius 1 is 0.645 bits per heavy atom. The third kappa shape index (κ3) is 15.3. The number of phenols is 1. The van der Waals surface area contributed by atoms with Gasteiger partial charge in [-0.15, -0.1) is 0 Å². The highest BCUT2D eigenvalue weighted by Gasteiger charge is 2.73. The van der Waals surface area contributed by atoms with E-state index in [0.29, 0.717) is 17.7 Å². The standard InChI is InChI=1S/C40H66.C26H26N2O3.C18H13N3O/c1-3-37-31-27-29-35-39(37)33-25-23-21-19-17-15-13-11-9-7-5-6-8-10-12-14-16-18-20-22-24-26-34-40-36-30-28-32-38(40)4-2;29-19-8-7-15-11-20-26(30)12-17-16-3-1-2-4-18(16)27-22(17)24-25(26,21(15)23(19)31-24)9-10-28(20)13-14-5-6-14;22-18-16(10-14-4-2-8-20-14)15-9-12(5-6-17(15)21-18)13-3-1-7-19-11-13/h27-32,35-36H,3-26,33-34H2,1-2H3;1-4,7-8,14,20,24,27,29-30H,5-6,9-13H2;1-11,20H,(H,21,22)/t;20?,24-,25?,26-;/m.1./s1. The molecular formula is C84H105N5O4. The third-order valence-electron chi connectivity index (χ3n) is 21.9. The molecule has 3 aromatic heterocycles. The number of aromatic amines is 2. The van der Waals surface area contributed by atoms with E-state index in [4.69, 9.17) is 4.74 Å². The van der Waals surface area contributed by atoms with Gasteiger partial charge in [0.1, 0.15) is 0 Å². The number of carbonyl (C=O) groups excluding carboxylic acids is 1. The van der Waals surface area contributed by atoms with Crippen molar-refractivity contribution in [3.05, 3.63) is 202 Å². The molecule has 0 radical (unpaired) electrons. The van der Waals surface area contributed by atoms with E-state index in [0.717, 1.165) is 76.7 Å². The van der Waals surface area contributed by atoms with Crippen molar-refractivity contribution in [3.8, 4) is 22.6 Å². The van der Waals surface area contributed by atoms with Gasteiger partial charge in [-0.05, 0) is 164 Å². The average molecular weight is 1250 g/mol. The summed E-state index contributed by atoms with van der Waals surface area (Å²) in [6.07, 6.45) is 48.7. The molecule has 4 atom stereocenters. The van der Waals surface area contributed by atoms with Crippen LogP contribution in [-0.4, -0.2) is 60.7 Å². The SMILES string of the molecule is CCc1ccccc1CCCCCCCCCCCCCCCCCCCCCCCCc1ccccc1CC.O=C1Nc2ccc(-c3cccnc3)cc2C1=Cc1ccc[nH]1.Oc1ccc2c3c1O[C@@H]1c4[nH]c5ccccc5c4C[C@@]4(O)C(C2)N(CC2CC2)CCC314. The van der Waals surface area contributed by atoms with Crippen LogP contribution in [0.4, 0.5) is 5.69 Å². The number of nitrogens with one attached hydrogen (secondary N) is 3. The van der Waals surface area contributed by atoms with Crippen molar-refractivity contribution >= 4 is 34.1 Å². The molecule has 5 aromatic carbocycles. The minimum Gasteiger partial charge on any atom is -0.504 e. The van der Waals surface area contributed by atoms with E-state index in [1.807, 2.05) is 67.0 Å². The zero-order valence-corrected chi connectivity index (χ0v) is 56.1. The Labute approximate surface area is 555 Å². The number of hydrogen-bond acceptors (Lipinski definition) is 6. The number of aromatic nitrogens is 3. The van der Waals surface area contributed by atoms with Gasteiger partial charge in [-0.1, -0.05) is 227 Å². The minimum atomic E-state index is -0.908. The van der Waals surface area contributed by atoms with E-state index in [1.54, 1.807) is 34.5 Å². The summed E-state index contributed by atoms with van der Waals surface area (Å²) in [5.41, 5.74) is 16.0. The number of carbonyl (C=O) groups is 1. The summed E-state index contributed by atoms with van der Waals surface area (Å²) in [5.74, 6) is 1.51. The van der Waals surface area contributed by atoms with Crippen LogP contribution in [0.2, 0.25) is 0 Å². The van der Waals surface area contributed by atoms with Crippen molar-refractivity contribution in [1.82, 2.24) is 19.9 Å². The molecule has 14 rings (SSSR count). The number of likely N-dealkylation sites (tertiary alicyclic amines) is 1. The summed E-state index contributed by atoms with van der Waals surface area (Å²) in [5, 5.41) is 27.5. The second-order valence-corrected chi connectivity index (χ2v) is 28.2. The van der Waals surface area contributed by atoms with Crippen LogP contribution in [0.1, 0.15) is 236 Å². The number of piperidine rings is 1. The van der Waals surface area contributed by atoms with Crippen LogP contribution in [0.25, 0.3) is 33.7 Å². The summed E-state index contributed by atoms with van der Waals surface area (Å²) in [7, 11) is 0. The fraction of sp³-hybridized carbons (Fsp3) is 0.476. The van der Waals surface area contributed by atoms with Crippen LogP contribution in [0.15, 0.2) is 146 Å². The lowest BCUT2D eigenvalue weighted by molar-refractivity contribution is -0.173. The van der Waals surface area contributed by atoms with Gasteiger partial charge in [-0.3, -0.25) is 14.7 Å². The van der Waals surface area contributed by atoms with Gasteiger partial charge in [-0.2, -0.15) is 0 Å². The van der Waals surface area contributed by atoms with Gasteiger partial charge >= 0.3 is 0 Å². The molecule has 9 nitrogen and oxygen atoms in total. The van der Waals surface area contributed by atoms with Crippen molar-refractivity contribution < 1.29 is 19.7 Å². The molecule has 5 N–H and O–H groups in total. The lowest BCUT2D eigenvalue weighted by atomic mass is 9.49. The molecule has 1 spiro atoms. The number of pyridine rings is 1. The van der Waals surface area contributed by atoms with Crippen molar-refractivity contribution in [2.24, 2.45) is 5.92 Å². The molecule has 1 saturated heterocycles. The average Bonchev–Trinajstić information content (AvgIpc) is 1.53. The van der Waals surface area contributed by atoms with Crippen LogP contribution in [-0.2, 0) is 48.7 Å². The first kappa shape index (κ1) is 65.8. The van der Waals surface area contributed by atoms with E-state index < -0.39 is 11.0 Å². The van der Waals surface area contributed by atoms with Crippen LogP contribution in [0.3, 0.4) is 0 Å². The summed E-state index contributed by atoms with van der Waals surface area (Å²) < 4.78 is 6.60. The number of H-pyrrole nitrogens is 2. The summed E-state index contributed by atoms with van der Waals surface area (Å²) in [6.45, 7) is 6.63. The lowest BCUT2D eigenvalue weighted by Crippen LogP contribution is -2.74. The molecule has 6 aliphatic rings. The first-order valence-corrected chi connectivity index (χ1v) is 36.7. The Bertz CT molecular complexity index is 3660. The number of anilines is 1. The second-order valence-electron chi connectivity index (χ2n) is 28.2. The van der Waals surface area contributed by atoms with Crippen molar-refractivity contribution in [2.75, 3.05) is 18.4 Å². The Morgan fingerprint density at radius 3 is 1.81 bits per heavy atom. The van der Waals surface area contributed by atoms with E-state index in [2.05, 4.69) is 112 Å².